The molecule has 2 aromatic rings. The van der Waals surface area contributed by atoms with Crippen LogP contribution in [0.25, 0.3) is 0 Å². The lowest BCUT2D eigenvalue weighted by Crippen LogP contribution is -2.10. The number of ketones is 1. The number of hydrogen-bond acceptors (Lipinski definition) is 5. The summed E-state index contributed by atoms with van der Waals surface area (Å²) in [5.74, 6) is -1.11. The molecule has 5 heteroatoms. The second kappa shape index (κ2) is 5.75. The molecule has 0 spiro atoms. The number of rotatable bonds is 4. The summed E-state index contributed by atoms with van der Waals surface area (Å²) in [6.07, 6.45) is 0. The van der Waals surface area contributed by atoms with Crippen LogP contribution in [-0.2, 0) is 0 Å². The fourth-order valence-corrected chi connectivity index (χ4v) is 2.07. The van der Waals surface area contributed by atoms with Crippen molar-refractivity contribution in [1.82, 2.24) is 0 Å². The first-order chi connectivity index (χ1) is 9.93. The third-order valence-electron chi connectivity index (χ3n) is 3.35. The largest absolute Gasteiger partial charge is 0.508 e. The molecule has 2 aromatic carbocycles. The van der Waals surface area contributed by atoms with E-state index < -0.39 is 5.92 Å². The predicted molar refractivity (Wildman–Crippen MR) is 77.2 cm³/mol. The molecule has 110 valence electrons. The summed E-state index contributed by atoms with van der Waals surface area (Å²) in [5, 5.41) is 28.7. The zero-order valence-electron chi connectivity index (χ0n) is 11.7. The summed E-state index contributed by atoms with van der Waals surface area (Å²) in [5.41, 5.74) is 0.787. The van der Waals surface area contributed by atoms with Crippen molar-refractivity contribution in [3.63, 3.8) is 0 Å². The van der Waals surface area contributed by atoms with E-state index in [0.29, 0.717) is 5.56 Å². The van der Waals surface area contributed by atoms with Crippen LogP contribution in [0.2, 0.25) is 0 Å². The van der Waals surface area contributed by atoms with Crippen LogP contribution in [0.3, 0.4) is 0 Å². The van der Waals surface area contributed by atoms with Crippen molar-refractivity contribution in [3.8, 4) is 23.0 Å². The molecule has 0 saturated heterocycles. The molecular formula is C16H16O5. The van der Waals surface area contributed by atoms with Crippen molar-refractivity contribution in [2.45, 2.75) is 12.8 Å². The zero-order chi connectivity index (χ0) is 15.6. The van der Waals surface area contributed by atoms with Crippen LogP contribution in [0.15, 0.2) is 36.4 Å². The average Bonchev–Trinajstić information content (AvgIpc) is 2.47. The quantitative estimate of drug-likeness (QED) is 0.753. The highest BCUT2D eigenvalue weighted by atomic mass is 16.5. The van der Waals surface area contributed by atoms with Gasteiger partial charge in [0.2, 0.25) is 0 Å². The van der Waals surface area contributed by atoms with Crippen molar-refractivity contribution >= 4 is 5.78 Å². The van der Waals surface area contributed by atoms with Gasteiger partial charge in [-0.3, -0.25) is 4.79 Å². The van der Waals surface area contributed by atoms with E-state index in [1.807, 2.05) is 0 Å². The van der Waals surface area contributed by atoms with Crippen molar-refractivity contribution in [2.75, 3.05) is 7.11 Å². The third-order valence-corrected chi connectivity index (χ3v) is 3.35. The summed E-state index contributed by atoms with van der Waals surface area (Å²) in [7, 11) is 1.36. The second-order valence-corrected chi connectivity index (χ2v) is 4.72. The van der Waals surface area contributed by atoms with Gasteiger partial charge in [-0.15, -0.1) is 0 Å². The summed E-state index contributed by atoms with van der Waals surface area (Å²) in [6.45, 7) is 1.70. The summed E-state index contributed by atoms with van der Waals surface area (Å²) in [6, 6.07) is 8.67. The molecule has 21 heavy (non-hydrogen) atoms. The Morgan fingerprint density at radius 1 is 1.05 bits per heavy atom. The molecular weight excluding hydrogens is 272 g/mol. The first-order valence-electron chi connectivity index (χ1n) is 6.37. The van der Waals surface area contributed by atoms with Gasteiger partial charge in [0.05, 0.1) is 12.7 Å². The lowest BCUT2D eigenvalue weighted by atomic mass is 9.91. The highest BCUT2D eigenvalue weighted by Crippen LogP contribution is 2.35. The fraction of sp³-hybridized carbons (Fsp3) is 0.188. The number of Topliss-reactive ketones (excluding diaryl/α,β-unsaturated/α-hetero) is 1. The molecule has 0 aliphatic heterocycles. The van der Waals surface area contributed by atoms with E-state index in [-0.39, 0.29) is 34.3 Å². The van der Waals surface area contributed by atoms with E-state index in [4.69, 9.17) is 4.74 Å². The van der Waals surface area contributed by atoms with Gasteiger partial charge in [-0.05, 0) is 23.8 Å². The third kappa shape index (κ3) is 2.91. The van der Waals surface area contributed by atoms with Crippen molar-refractivity contribution in [2.24, 2.45) is 0 Å². The molecule has 2 rings (SSSR count). The molecule has 0 bridgehead atoms. The topological polar surface area (TPSA) is 87.0 Å². The number of hydrogen-bond donors (Lipinski definition) is 3. The minimum atomic E-state index is -0.509. The first kappa shape index (κ1) is 14.7. The summed E-state index contributed by atoms with van der Waals surface area (Å²) >= 11 is 0. The van der Waals surface area contributed by atoms with Crippen molar-refractivity contribution in [3.05, 3.63) is 47.5 Å². The number of carbonyl (C=O) groups is 1. The molecule has 1 unspecified atom stereocenters. The number of aromatic hydroxyl groups is 3. The lowest BCUT2D eigenvalue weighted by Gasteiger charge is -2.14. The summed E-state index contributed by atoms with van der Waals surface area (Å²) < 4.78 is 4.95. The smallest absolute Gasteiger partial charge is 0.173 e. The van der Waals surface area contributed by atoms with Crippen LogP contribution in [0.4, 0.5) is 0 Å². The predicted octanol–water partition coefficient (Wildman–Crippen LogP) is 2.80. The maximum absolute atomic E-state index is 12.5. The van der Waals surface area contributed by atoms with E-state index in [9.17, 15) is 20.1 Å². The van der Waals surface area contributed by atoms with Crippen molar-refractivity contribution in [1.29, 1.82) is 0 Å². The van der Waals surface area contributed by atoms with Crippen LogP contribution >= 0.6 is 0 Å². The number of benzene rings is 2. The molecule has 3 N–H and O–H groups in total. The van der Waals surface area contributed by atoms with Crippen LogP contribution in [0.1, 0.15) is 28.8 Å². The Balaban J connectivity index is 2.37. The molecule has 5 nitrogen and oxygen atoms in total. The average molecular weight is 288 g/mol. The van der Waals surface area contributed by atoms with Gasteiger partial charge in [0.1, 0.15) is 11.5 Å². The fourth-order valence-electron chi connectivity index (χ4n) is 2.07. The van der Waals surface area contributed by atoms with Gasteiger partial charge in [0, 0.05) is 12.0 Å². The number of carbonyl (C=O) groups excluding carboxylic acids is 1. The molecule has 0 amide bonds. The van der Waals surface area contributed by atoms with Crippen molar-refractivity contribution < 1.29 is 24.9 Å². The van der Waals surface area contributed by atoms with E-state index in [0.717, 1.165) is 6.07 Å². The van der Waals surface area contributed by atoms with Gasteiger partial charge in [-0.1, -0.05) is 19.1 Å². The van der Waals surface area contributed by atoms with Gasteiger partial charge in [0.25, 0.3) is 0 Å². The Labute approximate surface area is 122 Å². The van der Waals surface area contributed by atoms with Crippen LogP contribution < -0.4 is 4.74 Å². The highest BCUT2D eigenvalue weighted by Gasteiger charge is 2.22. The normalized spacial score (nSPS) is 11.9. The lowest BCUT2D eigenvalue weighted by molar-refractivity contribution is 0.0963. The summed E-state index contributed by atoms with van der Waals surface area (Å²) in [4.78, 5) is 12.5. The number of ether oxygens (including phenoxy) is 1. The number of methoxy groups -OCH3 is 1. The molecule has 0 radical (unpaired) electrons. The Bertz CT molecular complexity index is 661. The minimum Gasteiger partial charge on any atom is -0.508 e. The van der Waals surface area contributed by atoms with Gasteiger partial charge in [-0.25, -0.2) is 0 Å². The number of phenols is 3. The van der Waals surface area contributed by atoms with Crippen LogP contribution in [0.5, 0.6) is 23.0 Å². The van der Waals surface area contributed by atoms with E-state index in [2.05, 4.69) is 0 Å². The Morgan fingerprint density at radius 3 is 2.24 bits per heavy atom. The molecule has 0 aromatic heterocycles. The Hall–Kier alpha value is -2.69. The Kier molecular flexibility index (Phi) is 4.03. The first-order valence-corrected chi connectivity index (χ1v) is 6.37. The van der Waals surface area contributed by atoms with E-state index >= 15 is 0 Å². The van der Waals surface area contributed by atoms with Crippen LogP contribution in [0, 0.1) is 0 Å². The maximum Gasteiger partial charge on any atom is 0.173 e. The zero-order valence-corrected chi connectivity index (χ0v) is 11.7. The molecule has 0 saturated carbocycles. The monoisotopic (exact) mass is 288 g/mol. The molecule has 0 heterocycles. The molecule has 0 fully saturated rings. The SMILES string of the molecule is COc1cc(C(=O)C(C)c2ccc(O)cc2)c(O)cc1O. The van der Waals surface area contributed by atoms with E-state index in [1.165, 1.54) is 25.3 Å². The molecule has 0 aliphatic rings. The number of phenolic OH excluding ortho intramolecular Hbond substituents is 3. The van der Waals surface area contributed by atoms with Gasteiger partial charge in [0.15, 0.2) is 17.3 Å². The standard InChI is InChI=1S/C16H16O5/c1-9(10-3-5-11(17)6-4-10)16(20)12-7-15(21-2)14(19)8-13(12)18/h3-9,17-19H,1-2H3. The molecule has 1 atom stereocenters. The van der Waals surface area contributed by atoms with Crippen LogP contribution in [-0.4, -0.2) is 28.2 Å². The van der Waals surface area contributed by atoms with Gasteiger partial charge >= 0.3 is 0 Å². The highest BCUT2D eigenvalue weighted by molar-refractivity contribution is 6.03. The maximum atomic E-state index is 12.5. The Morgan fingerprint density at radius 2 is 1.67 bits per heavy atom. The minimum absolute atomic E-state index is 0.0743. The second-order valence-electron chi connectivity index (χ2n) is 4.72. The van der Waals surface area contributed by atoms with Gasteiger partial charge < -0.3 is 20.1 Å². The van der Waals surface area contributed by atoms with E-state index in [1.54, 1.807) is 19.1 Å². The molecule has 0 aliphatic carbocycles. The van der Waals surface area contributed by atoms with Gasteiger partial charge in [-0.2, -0.15) is 0 Å².